The predicted octanol–water partition coefficient (Wildman–Crippen LogP) is 5.07. The molecule has 0 N–H and O–H groups in total. The molecule has 0 aliphatic carbocycles. The van der Waals surface area contributed by atoms with Gasteiger partial charge in [-0.2, -0.15) is 0 Å². The summed E-state index contributed by atoms with van der Waals surface area (Å²) in [5.74, 6) is -0.0393. The molecule has 0 bridgehead atoms. The standard InChI is InChI=1S/C28H27N3O2S/c1-20-7-6-8-21(17-20)18-26-28(33)29(2)24-19-22(11-12-25(24)34-26)27(32)31-15-13-30(14-16-31)23-9-4-3-5-10-23/h3-12,17-19H,13-16H2,1-2H3/b26-18-. The molecular weight excluding hydrogens is 442 g/mol. The number of anilines is 2. The summed E-state index contributed by atoms with van der Waals surface area (Å²) >= 11 is 1.46. The second kappa shape index (κ2) is 9.39. The van der Waals surface area contributed by atoms with Crippen LogP contribution in [0.2, 0.25) is 0 Å². The predicted molar refractivity (Wildman–Crippen MR) is 139 cm³/mol. The van der Waals surface area contributed by atoms with Crippen LogP contribution in [0.5, 0.6) is 0 Å². The number of nitrogens with zero attached hydrogens (tertiary/aromatic N) is 3. The van der Waals surface area contributed by atoms with Crippen molar-refractivity contribution in [2.75, 3.05) is 43.0 Å². The van der Waals surface area contributed by atoms with Gasteiger partial charge in [-0.25, -0.2) is 0 Å². The number of amides is 2. The zero-order chi connectivity index (χ0) is 23.7. The Labute approximate surface area is 204 Å². The van der Waals surface area contributed by atoms with Crippen LogP contribution in [0.15, 0.2) is 82.6 Å². The summed E-state index contributed by atoms with van der Waals surface area (Å²) in [6.07, 6.45) is 1.94. The number of aryl methyl sites for hydroxylation is 1. The lowest BCUT2D eigenvalue weighted by atomic mass is 10.1. The van der Waals surface area contributed by atoms with Crippen molar-refractivity contribution in [1.82, 2.24) is 4.90 Å². The molecule has 3 aromatic rings. The number of para-hydroxylation sites is 1. The average Bonchev–Trinajstić information content (AvgIpc) is 2.87. The average molecular weight is 470 g/mol. The zero-order valence-electron chi connectivity index (χ0n) is 19.4. The van der Waals surface area contributed by atoms with E-state index in [0.717, 1.165) is 34.8 Å². The molecule has 5 rings (SSSR count). The summed E-state index contributed by atoms with van der Waals surface area (Å²) in [5, 5.41) is 0. The second-order valence-electron chi connectivity index (χ2n) is 8.69. The molecule has 1 saturated heterocycles. The van der Waals surface area contributed by atoms with Crippen molar-refractivity contribution in [2.45, 2.75) is 11.8 Å². The van der Waals surface area contributed by atoms with E-state index in [1.54, 1.807) is 11.9 Å². The summed E-state index contributed by atoms with van der Waals surface area (Å²) < 4.78 is 0. The van der Waals surface area contributed by atoms with Gasteiger partial charge < -0.3 is 14.7 Å². The van der Waals surface area contributed by atoms with Crippen molar-refractivity contribution in [3.8, 4) is 0 Å². The number of rotatable bonds is 3. The molecule has 172 valence electrons. The first-order chi connectivity index (χ1) is 16.5. The number of carbonyl (C=O) groups excluding carboxylic acids is 2. The van der Waals surface area contributed by atoms with Gasteiger partial charge >= 0.3 is 0 Å². The summed E-state index contributed by atoms with van der Waals surface area (Å²) in [5.41, 5.74) is 4.76. The van der Waals surface area contributed by atoms with E-state index in [0.29, 0.717) is 23.6 Å². The smallest absolute Gasteiger partial charge is 0.264 e. The molecule has 2 amide bonds. The van der Waals surface area contributed by atoms with Gasteiger partial charge in [-0.15, -0.1) is 0 Å². The minimum atomic E-state index is -0.0555. The Morgan fingerprint density at radius 3 is 2.41 bits per heavy atom. The van der Waals surface area contributed by atoms with Crippen molar-refractivity contribution in [1.29, 1.82) is 0 Å². The van der Waals surface area contributed by atoms with E-state index in [2.05, 4.69) is 23.1 Å². The van der Waals surface area contributed by atoms with Crippen LogP contribution in [0.1, 0.15) is 21.5 Å². The Morgan fingerprint density at radius 2 is 1.68 bits per heavy atom. The van der Waals surface area contributed by atoms with Crippen molar-refractivity contribution in [2.24, 2.45) is 0 Å². The zero-order valence-corrected chi connectivity index (χ0v) is 20.2. The lowest BCUT2D eigenvalue weighted by Crippen LogP contribution is -2.48. The summed E-state index contributed by atoms with van der Waals surface area (Å²) in [6.45, 7) is 5.01. The van der Waals surface area contributed by atoms with Gasteiger partial charge in [0.05, 0.1) is 10.6 Å². The molecular formula is C28H27N3O2S. The largest absolute Gasteiger partial charge is 0.368 e. The van der Waals surface area contributed by atoms with Crippen molar-refractivity contribution in [3.63, 3.8) is 0 Å². The third kappa shape index (κ3) is 4.46. The first-order valence-corrected chi connectivity index (χ1v) is 12.3. The van der Waals surface area contributed by atoms with E-state index in [1.807, 2.05) is 72.5 Å². The minimum absolute atomic E-state index is 0.0162. The number of carbonyl (C=O) groups is 2. The van der Waals surface area contributed by atoms with E-state index in [4.69, 9.17) is 0 Å². The van der Waals surface area contributed by atoms with Gasteiger partial charge in [0.1, 0.15) is 0 Å². The summed E-state index contributed by atoms with van der Waals surface area (Å²) in [4.78, 5) is 33.8. The monoisotopic (exact) mass is 469 g/mol. The second-order valence-corrected chi connectivity index (χ2v) is 9.77. The van der Waals surface area contributed by atoms with Crippen LogP contribution in [-0.4, -0.2) is 49.9 Å². The Bertz CT molecular complexity index is 1260. The number of likely N-dealkylation sites (N-methyl/N-ethyl adjacent to an activating group) is 1. The highest BCUT2D eigenvalue weighted by atomic mass is 32.2. The molecule has 2 aliphatic heterocycles. The third-order valence-corrected chi connectivity index (χ3v) is 7.41. The van der Waals surface area contributed by atoms with E-state index in [1.165, 1.54) is 17.4 Å². The Hall–Kier alpha value is -3.51. The van der Waals surface area contributed by atoms with Crippen LogP contribution < -0.4 is 9.80 Å². The highest BCUT2D eigenvalue weighted by Gasteiger charge is 2.29. The van der Waals surface area contributed by atoms with Gasteiger partial charge in [-0.3, -0.25) is 9.59 Å². The van der Waals surface area contributed by atoms with Crippen LogP contribution >= 0.6 is 11.8 Å². The fourth-order valence-corrected chi connectivity index (χ4v) is 5.52. The maximum Gasteiger partial charge on any atom is 0.264 e. The van der Waals surface area contributed by atoms with Gasteiger partial charge in [-0.1, -0.05) is 59.8 Å². The first kappa shape index (κ1) is 22.3. The van der Waals surface area contributed by atoms with Crippen molar-refractivity contribution in [3.05, 3.63) is 94.4 Å². The van der Waals surface area contributed by atoms with Crippen LogP contribution in [0, 0.1) is 6.92 Å². The fourth-order valence-electron chi connectivity index (χ4n) is 4.43. The third-order valence-electron chi connectivity index (χ3n) is 6.33. The van der Waals surface area contributed by atoms with Gasteiger partial charge in [0.2, 0.25) is 0 Å². The van der Waals surface area contributed by atoms with Crippen LogP contribution in [0.3, 0.4) is 0 Å². The topological polar surface area (TPSA) is 43.9 Å². The molecule has 0 atom stereocenters. The maximum absolute atomic E-state index is 13.2. The van der Waals surface area contributed by atoms with Gasteiger partial charge in [-0.05, 0) is 48.9 Å². The van der Waals surface area contributed by atoms with Gasteiger partial charge in [0.25, 0.3) is 11.8 Å². The molecule has 0 radical (unpaired) electrons. The lowest BCUT2D eigenvalue weighted by molar-refractivity contribution is -0.114. The number of fused-ring (bicyclic) bond motifs is 1. The van der Waals surface area contributed by atoms with E-state index < -0.39 is 0 Å². The molecule has 5 nitrogen and oxygen atoms in total. The summed E-state index contributed by atoms with van der Waals surface area (Å²) in [7, 11) is 1.78. The van der Waals surface area contributed by atoms with Crippen LogP contribution in [0.25, 0.3) is 6.08 Å². The number of piperazine rings is 1. The number of thioether (sulfide) groups is 1. The molecule has 0 saturated carbocycles. The van der Waals surface area contributed by atoms with Crippen LogP contribution in [-0.2, 0) is 4.79 Å². The van der Waals surface area contributed by atoms with Crippen molar-refractivity contribution >= 4 is 41.0 Å². The van der Waals surface area contributed by atoms with Gasteiger partial charge in [0, 0.05) is 49.4 Å². The highest BCUT2D eigenvalue weighted by Crippen LogP contribution is 2.42. The molecule has 2 aliphatic rings. The molecule has 0 spiro atoms. The van der Waals surface area contributed by atoms with Gasteiger partial charge in [0.15, 0.2) is 0 Å². The Kier molecular flexibility index (Phi) is 6.16. The highest BCUT2D eigenvalue weighted by molar-refractivity contribution is 8.04. The Balaban J connectivity index is 1.32. The SMILES string of the molecule is Cc1cccc(/C=C2\Sc3ccc(C(=O)N4CCN(c5ccccc5)CC4)cc3N(C)C2=O)c1. The van der Waals surface area contributed by atoms with E-state index >= 15 is 0 Å². The molecule has 34 heavy (non-hydrogen) atoms. The van der Waals surface area contributed by atoms with Crippen molar-refractivity contribution < 1.29 is 9.59 Å². The summed E-state index contributed by atoms with van der Waals surface area (Å²) in [6, 6.07) is 24.1. The fraction of sp³-hybridized carbons (Fsp3) is 0.214. The molecule has 6 heteroatoms. The molecule has 0 unspecified atom stereocenters. The quantitative estimate of drug-likeness (QED) is 0.503. The normalized spacial score (nSPS) is 17.2. The number of hydrogen-bond donors (Lipinski definition) is 0. The lowest BCUT2D eigenvalue weighted by Gasteiger charge is -2.36. The first-order valence-electron chi connectivity index (χ1n) is 11.5. The number of hydrogen-bond acceptors (Lipinski definition) is 4. The van der Waals surface area contributed by atoms with E-state index in [9.17, 15) is 9.59 Å². The Morgan fingerprint density at radius 1 is 0.912 bits per heavy atom. The minimum Gasteiger partial charge on any atom is -0.368 e. The maximum atomic E-state index is 13.2. The van der Waals surface area contributed by atoms with Crippen LogP contribution in [0.4, 0.5) is 11.4 Å². The van der Waals surface area contributed by atoms with E-state index in [-0.39, 0.29) is 11.8 Å². The number of benzene rings is 3. The molecule has 1 fully saturated rings. The molecule has 0 aromatic heterocycles. The molecule has 3 aromatic carbocycles. The molecule has 2 heterocycles.